The van der Waals surface area contributed by atoms with Gasteiger partial charge in [-0.1, -0.05) is 48.9 Å². The van der Waals surface area contributed by atoms with Crippen LogP contribution >= 0.6 is 0 Å². The molecule has 8 heteroatoms. The van der Waals surface area contributed by atoms with Crippen molar-refractivity contribution in [1.29, 1.82) is 0 Å². The maximum absolute atomic E-state index is 14.2. The number of esters is 1. The van der Waals surface area contributed by atoms with E-state index < -0.39 is 64.6 Å². The third-order valence-corrected chi connectivity index (χ3v) is 9.39. The van der Waals surface area contributed by atoms with E-state index in [4.69, 9.17) is 4.74 Å². The zero-order chi connectivity index (χ0) is 28.0. The summed E-state index contributed by atoms with van der Waals surface area (Å²) in [6.45, 7) is 8.89. The van der Waals surface area contributed by atoms with E-state index in [-0.39, 0.29) is 12.2 Å². The summed E-state index contributed by atoms with van der Waals surface area (Å²) in [5.74, 6) is -6.77. The lowest BCUT2D eigenvalue weighted by molar-refractivity contribution is -0.155. The molecule has 3 aliphatic carbocycles. The summed E-state index contributed by atoms with van der Waals surface area (Å²) < 4.78 is 5.44. The molecular formula is C31H30N2O6. The molecule has 5 aliphatic rings. The van der Waals surface area contributed by atoms with E-state index in [9.17, 15) is 24.0 Å². The summed E-state index contributed by atoms with van der Waals surface area (Å²) in [7, 11) is 0. The molecule has 7 rings (SSSR count). The molecule has 2 aromatic carbocycles. The van der Waals surface area contributed by atoms with Crippen LogP contribution in [0, 0.1) is 48.9 Å². The fraction of sp³-hybridized carbons (Fsp3) is 0.387. The van der Waals surface area contributed by atoms with Crippen LogP contribution in [-0.4, -0.2) is 36.2 Å². The van der Waals surface area contributed by atoms with Crippen LogP contribution in [0.3, 0.4) is 0 Å². The molecule has 1 saturated carbocycles. The summed E-state index contributed by atoms with van der Waals surface area (Å²) in [6.07, 6.45) is 0. The second-order valence-corrected chi connectivity index (χ2v) is 11.2. The molecule has 2 unspecified atom stereocenters. The van der Waals surface area contributed by atoms with Gasteiger partial charge in [0.25, 0.3) is 0 Å². The number of amides is 4. The molecule has 2 heterocycles. The van der Waals surface area contributed by atoms with Crippen molar-refractivity contribution in [3.05, 3.63) is 70.8 Å². The number of carbonyl (C=O) groups excluding carboxylic acids is 5. The van der Waals surface area contributed by atoms with Gasteiger partial charge in [0.2, 0.25) is 23.6 Å². The predicted molar refractivity (Wildman–Crippen MR) is 142 cm³/mol. The Balaban J connectivity index is 1.57. The Morgan fingerprint density at radius 2 is 1.18 bits per heavy atom. The normalized spacial score (nSPS) is 31.3. The Labute approximate surface area is 226 Å². The van der Waals surface area contributed by atoms with Gasteiger partial charge in [-0.3, -0.25) is 19.2 Å². The summed E-state index contributed by atoms with van der Waals surface area (Å²) in [6, 6.07) is 14.3. The average Bonchev–Trinajstić information content (AvgIpc) is 3.31. The SMILES string of the molecule is CCOC(=O)C1=C(C)C2[C@@H]3C(=O)N(c4ccccc4C)C(=O)[C@H]3C1(C)[C@H]1C(=O)N(c3ccccc3C)C(=O)[C@@H]21. The number of carbonyl (C=O) groups is 5. The molecule has 2 aromatic rings. The van der Waals surface area contributed by atoms with E-state index in [0.717, 1.165) is 11.1 Å². The first-order valence-electron chi connectivity index (χ1n) is 13.3. The van der Waals surface area contributed by atoms with E-state index in [1.54, 1.807) is 45.0 Å². The number of aryl methyl sites for hydroxylation is 2. The number of ether oxygens (including phenoxy) is 1. The molecule has 4 amide bonds. The summed E-state index contributed by atoms with van der Waals surface area (Å²) >= 11 is 0. The van der Waals surface area contributed by atoms with Crippen LogP contribution < -0.4 is 9.80 Å². The highest BCUT2D eigenvalue weighted by Crippen LogP contribution is 2.69. The Kier molecular flexibility index (Phi) is 5.47. The smallest absolute Gasteiger partial charge is 0.334 e. The maximum Gasteiger partial charge on any atom is 0.334 e. The first kappa shape index (κ1) is 25.2. The van der Waals surface area contributed by atoms with Crippen LogP contribution in [-0.2, 0) is 28.7 Å². The molecule has 0 aromatic heterocycles. The molecule has 0 N–H and O–H groups in total. The minimum Gasteiger partial charge on any atom is -0.463 e. The molecule has 2 saturated heterocycles. The fourth-order valence-electron chi connectivity index (χ4n) is 7.91. The van der Waals surface area contributed by atoms with Crippen molar-refractivity contribution in [2.24, 2.45) is 35.0 Å². The molecule has 200 valence electrons. The van der Waals surface area contributed by atoms with E-state index in [0.29, 0.717) is 16.9 Å². The van der Waals surface area contributed by atoms with Crippen LogP contribution in [0.1, 0.15) is 31.9 Å². The first-order valence-corrected chi connectivity index (χ1v) is 13.3. The molecule has 2 bridgehead atoms. The first-order chi connectivity index (χ1) is 18.6. The molecule has 0 spiro atoms. The monoisotopic (exact) mass is 526 g/mol. The number of imide groups is 2. The van der Waals surface area contributed by atoms with Gasteiger partial charge in [0.15, 0.2) is 0 Å². The summed E-state index contributed by atoms with van der Waals surface area (Å²) in [4.78, 5) is 72.6. The summed E-state index contributed by atoms with van der Waals surface area (Å²) in [5, 5.41) is 0. The van der Waals surface area contributed by atoms with Gasteiger partial charge in [-0.15, -0.1) is 0 Å². The fourth-order valence-corrected chi connectivity index (χ4v) is 7.91. The predicted octanol–water partition coefficient (Wildman–Crippen LogP) is 3.74. The number of para-hydroxylation sites is 2. The van der Waals surface area contributed by atoms with Crippen LogP contribution in [0.25, 0.3) is 0 Å². The van der Waals surface area contributed by atoms with E-state index in [2.05, 4.69) is 0 Å². The molecular weight excluding hydrogens is 496 g/mol. The molecule has 2 aliphatic heterocycles. The number of benzene rings is 2. The van der Waals surface area contributed by atoms with Crippen LogP contribution in [0.15, 0.2) is 59.7 Å². The lowest BCUT2D eigenvalue weighted by atomic mass is 9.43. The zero-order valence-corrected chi connectivity index (χ0v) is 22.6. The van der Waals surface area contributed by atoms with Crippen molar-refractivity contribution in [3.63, 3.8) is 0 Å². The third kappa shape index (κ3) is 3.03. The highest BCUT2D eigenvalue weighted by molar-refractivity contribution is 6.28. The number of allylic oxidation sites excluding steroid dienone is 1. The second-order valence-electron chi connectivity index (χ2n) is 11.2. The highest BCUT2D eigenvalue weighted by Gasteiger charge is 2.77. The lowest BCUT2D eigenvalue weighted by Gasteiger charge is -2.55. The minimum absolute atomic E-state index is 0.114. The van der Waals surface area contributed by atoms with Crippen molar-refractivity contribution >= 4 is 41.0 Å². The Morgan fingerprint density at radius 1 is 0.744 bits per heavy atom. The topological polar surface area (TPSA) is 101 Å². The van der Waals surface area contributed by atoms with Gasteiger partial charge in [0, 0.05) is 16.9 Å². The van der Waals surface area contributed by atoms with Gasteiger partial charge < -0.3 is 4.74 Å². The Morgan fingerprint density at radius 3 is 1.59 bits per heavy atom. The van der Waals surface area contributed by atoms with Gasteiger partial charge in [0.1, 0.15) is 0 Å². The van der Waals surface area contributed by atoms with Crippen molar-refractivity contribution in [1.82, 2.24) is 0 Å². The minimum atomic E-state index is -1.41. The van der Waals surface area contributed by atoms with Crippen LogP contribution in [0.5, 0.6) is 0 Å². The number of hydrogen-bond acceptors (Lipinski definition) is 6. The number of anilines is 2. The van der Waals surface area contributed by atoms with E-state index in [1.165, 1.54) is 9.80 Å². The quantitative estimate of drug-likeness (QED) is 0.444. The Bertz CT molecular complexity index is 1430. The molecule has 3 fully saturated rings. The number of rotatable bonds is 4. The van der Waals surface area contributed by atoms with E-state index in [1.807, 2.05) is 38.1 Å². The van der Waals surface area contributed by atoms with Gasteiger partial charge in [0.05, 0.1) is 41.7 Å². The molecule has 0 radical (unpaired) electrons. The number of hydrogen-bond donors (Lipinski definition) is 0. The second kappa shape index (κ2) is 8.46. The Hall–Kier alpha value is -4.07. The van der Waals surface area contributed by atoms with Gasteiger partial charge in [-0.25, -0.2) is 14.6 Å². The van der Waals surface area contributed by atoms with Gasteiger partial charge in [-0.05, 0) is 51.0 Å². The maximum atomic E-state index is 14.2. The largest absolute Gasteiger partial charge is 0.463 e. The lowest BCUT2D eigenvalue weighted by Crippen LogP contribution is -2.61. The molecule has 6 atom stereocenters. The molecule has 39 heavy (non-hydrogen) atoms. The summed E-state index contributed by atoms with van der Waals surface area (Å²) in [5.41, 5.74) is 1.85. The van der Waals surface area contributed by atoms with Gasteiger partial charge >= 0.3 is 5.97 Å². The molecule has 8 nitrogen and oxygen atoms in total. The standard InChI is InChI=1S/C31H30N2O6/c1-6-39-30(38)23-17(4)20-21-24(28(36)32(26(21)34)18-13-9-7-11-15(18)2)31(23,5)25-22(20)27(35)33(29(25)37)19-14-10-8-12-16(19)3/h7-14,20-22,24-25H,6H2,1-5H3/t20?,21-,22-,24-,25+,31?/m0/s1. The van der Waals surface area contributed by atoms with Crippen LogP contribution in [0.2, 0.25) is 0 Å². The van der Waals surface area contributed by atoms with Crippen molar-refractivity contribution in [2.75, 3.05) is 16.4 Å². The highest BCUT2D eigenvalue weighted by atomic mass is 16.5. The number of nitrogens with zero attached hydrogens (tertiary/aromatic N) is 2. The van der Waals surface area contributed by atoms with Crippen molar-refractivity contribution in [2.45, 2.75) is 34.6 Å². The average molecular weight is 527 g/mol. The third-order valence-electron chi connectivity index (χ3n) is 9.39. The van der Waals surface area contributed by atoms with Gasteiger partial charge in [-0.2, -0.15) is 0 Å². The van der Waals surface area contributed by atoms with E-state index >= 15 is 0 Å². The van der Waals surface area contributed by atoms with Crippen molar-refractivity contribution < 1.29 is 28.7 Å². The van der Waals surface area contributed by atoms with Crippen LogP contribution in [0.4, 0.5) is 11.4 Å². The zero-order valence-electron chi connectivity index (χ0n) is 22.6. The van der Waals surface area contributed by atoms with Crippen molar-refractivity contribution in [3.8, 4) is 0 Å².